The zero-order valence-electron chi connectivity index (χ0n) is 14.2. The van der Waals surface area contributed by atoms with Crippen molar-refractivity contribution >= 4 is 5.91 Å². The maximum Gasteiger partial charge on any atom is 0.226 e. The Labute approximate surface area is 143 Å². The van der Waals surface area contributed by atoms with Gasteiger partial charge in [-0.1, -0.05) is 35.5 Å². The van der Waals surface area contributed by atoms with Crippen LogP contribution in [0, 0.1) is 6.92 Å². The number of nitrogens with zero attached hydrogens (tertiary/aromatic N) is 2. The number of aryl methyl sites for hydroxylation is 1. The number of nitrogens with one attached hydrogen (secondary N) is 1. The molecule has 0 aliphatic carbocycles. The molecule has 0 bridgehead atoms. The van der Waals surface area contributed by atoms with Crippen molar-refractivity contribution in [2.45, 2.75) is 38.6 Å². The molecule has 5 heteroatoms. The van der Waals surface area contributed by atoms with Crippen LogP contribution in [0.1, 0.15) is 29.9 Å². The maximum absolute atomic E-state index is 12.2. The Hall–Kier alpha value is -2.14. The Bertz CT molecular complexity index is 648. The predicted molar refractivity (Wildman–Crippen MR) is 92.7 cm³/mol. The minimum absolute atomic E-state index is 0.000517. The summed E-state index contributed by atoms with van der Waals surface area (Å²) in [5.74, 6) is 0.734. The van der Waals surface area contributed by atoms with Crippen molar-refractivity contribution in [1.29, 1.82) is 0 Å². The fourth-order valence-corrected chi connectivity index (χ4v) is 3.28. The maximum atomic E-state index is 12.2. The van der Waals surface area contributed by atoms with E-state index >= 15 is 0 Å². The number of likely N-dealkylation sites (tertiary alicyclic amines) is 1. The minimum atomic E-state index is 0.000517. The van der Waals surface area contributed by atoms with Crippen molar-refractivity contribution in [2.75, 3.05) is 19.6 Å². The number of carbonyl (C=O) groups is 1. The molecule has 1 aliphatic rings. The molecule has 1 atom stereocenters. The summed E-state index contributed by atoms with van der Waals surface area (Å²) >= 11 is 0. The number of benzene rings is 1. The number of hydrogen-bond acceptors (Lipinski definition) is 4. The molecule has 1 fully saturated rings. The molecule has 2 aromatic rings. The van der Waals surface area contributed by atoms with Gasteiger partial charge in [0, 0.05) is 18.7 Å². The highest BCUT2D eigenvalue weighted by Crippen LogP contribution is 2.15. The van der Waals surface area contributed by atoms with Crippen LogP contribution in [0.4, 0.5) is 0 Å². The first-order valence-electron chi connectivity index (χ1n) is 8.67. The van der Waals surface area contributed by atoms with E-state index in [2.05, 4.69) is 39.6 Å². The lowest BCUT2D eigenvalue weighted by molar-refractivity contribution is -0.120. The molecule has 2 heterocycles. The lowest BCUT2D eigenvalue weighted by Gasteiger charge is -2.28. The Morgan fingerprint density at radius 2 is 2.04 bits per heavy atom. The SMILES string of the molecule is Cc1cc(CC(=O)NCC(Cc2ccccc2)N2CCCC2)no1. The Balaban J connectivity index is 1.56. The third kappa shape index (κ3) is 4.68. The van der Waals surface area contributed by atoms with Crippen molar-refractivity contribution in [2.24, 2.45) is 0 Å². The van der Waals surface area contributed by atoms with Crippen LogP contribution >= 0.6 is 0 Å². The highest BCUT2D eigenvalue weighted by molar-refractivity contribution is 5.78. The van der Waals surface area contributed by atoms with E-state index < -0.39 is 0 Å². The first-order chi connectivity index (χ1) is 11.7. The van der Waals surface area contributed by atoms with Crippen molar-refractivity contribution in [3.63, 3.8) is 0 Å². The van der Waals surface area contributed by atoms with Gasteiger partial charge in [0.1, 0.15) is 5.76 Å². The minimum Gasteiger partial charge on any atom is -0.361 e. The van der Waals surface area contributed by atoms with E-state index in [4.69, 9.17) is 4.52 Å². The molecular weight excluding hydrogens is 302 g/mol. The first kappa shape index (κ1) is 16.7. The van der Waals surface area contributed by atoms with Crippen LogP contribution in [0.15, 0.2) is 40.9 Å². The van der Waals surface area contributed by atoms with Gasteiger partial charge in [0.25, 0.3) is 0 Å². The number of aromatic nitrogens is 1. The summed E-state index contributed by atoms with van der Waals surface area (Å²) < 4.78 is 5.01. The highest BCUT2D eigenvalue weighted by atomic mass is 16.5. The second kappa shape index (κ2) is 8.11. The third-order valence-electron chi connectivity index (χ3n) is 4.52. The van der Waals surface area contributed by atoms with Crippen molar-refractivity contribution in [1.82, 2.24) is 15.4 Å². The molecule has 128 valence electrons. The van der Waals surface area contributed by atoms with E-state index in [1.807, 2.05) is 19.1 Å². The van der Waals surface area contributed by atoms with Gasteiger partial charge in [-0.25, -0.2) is 0 Å². The second-order valence-electron chi connectivity index (χ2n) is 6.50. The van der Waals surface area contributed by atoms with Crippen LogP contribution in [-0.4, -0.2) is 41.6 Å². The van der Waals surface area contributed by atoms with Gasteiger partial charge in [-0.05, 0) is 44.8 Å². The summed E-state index contributed by atoms with van der Waals surface area (Å²) in [6.07, 6.45) is 3.73. The van der Waals surface area contributed by atoms with Crippen LogP contribution in [0.2, 0.25) is 0 Å². The first-order valence-corrected chi connectivity index (χ1v) is 8.67. The molecule has 1 unspecified atom stereocenters. The number of rotatable bonds is 7. The normalized spacial score (nSPS) is 16.2. The van der Waals surface area contributed by atoms with E-state index in [0.29, 0.717) is 18.3 Å². The van der Waals surface area contributed by atoms with E-state index in [1.165, 1.54) is 18.4 Å². The molecule has 1 aromatic carbocycles. The largest absolute Gasteiger partial charge is 0.361 e. The molecule has 1 saturated heterocycles. The summed E-state index contributed by atoms with van der Waals surface area (Å²) in [5.41, 5.74) is 2.00. The zero-order valence-corrected chi connectivity index (χ0v) is 14.2. The quantitative estimate of drug-likeness (QED) is 0.848. The fraction of sp³-hybridized carbons (Fsp3) is 0.474. The highest BCUT2D eigenvalue weighted by Gasteiger charge is 2.22. The molecule has 3 rings (SSSR count). The zero-order chi connectivity index (χ0) is 16.8. The van der Waals surface area contributed by atoms with Crippen LogP contribution in [-0.2, 0) is 17.6 Å². The Kier molecular flexibility index (Phi) is 5.64. The molecule has 1 aliphatic heterocycles. The lowest BCUT2D eigenvalue weighted by atomic mass is 10.0. The summed E-state index contributed by atoms with van der Waals surface area (Å²) in [6, 6.07) is 12.6. The Morgan fingerprint density at radius 3 is 2.71 bits per heavy atom. The van der Waals surface area contributed by atoms with Crippen molar-refractivity contribution < 1.29 is 9.32 Å². The van der Waals surface area contributed by atoms with Gasteiger partial charge in [-0.15, -0.1) is 0 Å². The molecule has 0 spiro atoms. The molecule has 0 radical (unpaired) electrons. The summed E-state index contributed by atoms with van der Waals surface area (Å²) in [6.45, 7) is 4.74. The number of amides is 1. The van der Waals surface area contributed by atoms with Gasteiger partial charge in [-0.2, -0.15) is 0 Å². The van der Waals surface area contributed by atoms with Gasteiger partial charge >= 0.3 is 0 Å². The van der Waals surface area contributed by atoms with Gasteiger partial charge in [0.2, 0.25) is 5.91 Å². The Morgan fingerprint density at radius 1 is 1.29 bits per heavy atom. The van der Waals surface area contributed by atoms with Crippen LogP contribution < -0.4 is 5.32 Å². The van der Waals surface area contributed by atoms with Gasteiger partial charge in [-0.3, -0.25) is 9.69 Å². The molecule has 24 heavy (non-hydrogen) atoms. The van der Waals surface area contributed by atoms with E-state index in [-0.39, 0.29) is 12.3 Å². The molecule has 1 amide bonds. The summed E-state index contributed by atoms with van der Waals surface area (Å²) in [4.78, 5) is 14.7. The third-order valence-corrected chi connectivity index (χ3v) is 4.52. The van der Waals surface area contributed by atoms with E-state index in [0.717, 1.165) is 25.3 Å². The van der Waals surface area contributed by atoms with E-state index in [1.54, 1.807) is 0 Å². The molecule has 5 nitrogen and oxygen atoms in total. The predicted octanol–water partition coefficient (Wildman–Crippen LogP) is 2.35. The average molecular weight is 327 g/mol. The molecule has 1 N–H and O–H groups in total. The fourth-order valence-electron chi connectivity index (χ4n) is 3.28. The van der Waals surface area contributed by atoms with Gasteiger partial charge in [0.05, 0.1) is 12.1 Å². The smallest absolute Gasteiger partial charge is 0.226 e. The van der Waals surface area contributed by atoms with Crippen LogP contribution in [0.5, 0.6) is 0 Å². The summed E-state index contributed by atoms with van der Waals surface area (Å²) in [5, 5.41) is 6.96. The lowest BCUT2D eigenvalue weighted by Crippen LogP contribution is -2.44. The van der Waals surface area contributed by atoms with Crippen molar-refractivity contribution in [3.8, 4) is 0 Å². The molecule has 1 aromatic heterocycles. The number of carbonyl (C=O) groups excluding carboxylic acids is 1. The standard InChI is InChI=1S/C19H25N3O2/c1-15-11-17(21-24-15)13-19(23)20-14-18(22-9-5-6-10-22)12-16-7-3-2-4-8-16/h2-4,7-8,11,18H,5-6,9-10,12-14H2,1H3,(H,20,23). The van der Waals surface area contributed by atoms with Crippen LogP contribution in [0.25, 0.3) is 0 Å². The van der Waals surface area contributed by atoms with Gasteiger partial charge < -0.3 is 9.84 Å². The monoisotopic (exact) mass is 327 g/mol. The second-order valence-corrected chi connectivity index (χ2v) is 6.50. The van der Waals surface area contributed by atoms with Crippen LogP contribution in [0.3, 0.4) is 0 Å². The van der Waals surface area contributed by atoms with Crippen molar-refractivity contribution in [3.05, 3.63) is 53.4 Å². The molecular formula is C19H25N3O2. The average Bonchev–Trinajstić information content (AvgIpc) is 3.24. The van der Waals surface area contributed by atoms with Gasteiger partial charge in [0.15, 0.2) is 0 Å². The topological polar surface area (TPSA) is 58.4 Å². The molecule has 0 saturated carbocycles. The summed E-state index contributed by atoms with van der Waals surface area (Å²) in [7, 11) is 0. The van der Waals surface area contributed by atoms with E-state index in [9.17, 15) is 4.79 Å². The number of hydrogen-bond donors (Lipinski definition) is 1.